The number of rotatable bonds is 5. The van der Waals surface area contributed by atoms with E-state index in [1.54, 1.807) is 18.2 Å². The Balaban J connectivity index is 1.96. The minimum absolute atomic E-state index is 0.0657. The molecule has 0 bridgehead atoms. The lowest BCUT2D eigenvalue weighted by molar-refractivity contribution is -0.137. The van der Waals surface area contributed by atoms with Gasteiger partial charge in [-0.3, -0.25) is 9.59 Å². The first-order valence-electron chi connectivity index (χ1n) is 7.21. The molecule has 2 N–H and O–H groups in total. The Labute approximate surface area is 141 Å². The van der Waals surface area contributed by atoms with Crippen LogP contribution in [0.1, 0.15) is 15.9 Å². The number of carbonyl (C=O) groups excluding carboxylic acids is 2. The van der Waals surface area contributed by atoms with Gasteiger partial charge in [0.15, 0.2) is 6.61 Å². The highest BCUT2D eigenvalue weighted by atomic mass is 19.4. The standard InChI is InChI=1S/C17H15F3N2O3/c1-21-16(24)11-4-2-6-13(8-11)22-15(23)10-25-14-7-3-5-12(9-14)17(18,19)20/h2-9H,10H2,1H3,(H,21,24)(H,22,23). The zero-order valence-electron chi connectivity index (χ0n) is 13.2. The highest BCUT2D eigenvalue weighted by molar-refractivity contribution is 5.97. The third kappa shape index (κ3) is 5.23. The second-order valence-electron chi connectivity index (χ2n) is 5.02. The quantitative estimate of drug-likeness (QED) is 0.869. The topological polar surface area (TPSA) is 67.4 Å². The van der Waals surface area contributed by atoms with Gasteiger partial charge in [0.2, 0.25) is 0 Å². The van der Waals surface area contributed by atoms with E-state index < -0.39 is 24.3 Å². The molecule has 2 amide bonds. The number of halogens is 3. The molecule has 8 heteroatoms. The van der Waals surface area contributed by atoms with Gasteiger partial charge in [0.1, 0.15) is 5.75 Å². The molecule has 5 nitrogen and oxygen atoms in total. The van der Waals surface area contributed by atoms with Crippen molar-refractivity contribution in [1.82, 2.24) is 5.32 Å². The number of benzene rings is 2. The van der Waals surface area contributed by atoms with Crippen LogP contribution in [-0.2, 0) is 11.0 Å². The van der Waals surface area contributed by atoms with Crippen LogP contribution in [0, 0.1) is 0 Å². The van der Waals surface area contributed by atoms with Crippen LogP contribution in [0.4, 0.5) is 18.9 Å². The van der Waals surface area contributed by atoms with Crippen LogP contribution in [0.5, 0.6) is 5.75 Å². The molecule has 0 aliphatic rings. The minimum Gasteiger partial charge on any atom is -0.484 e. The maximum atomic E-state index is 12.6. The molecular weight excluding hydrogens is 337 g/mol. The second kappa shape index (κ2) is 7.69. The summed E-state index contributed by atoms with van der Waals surface area (Å²) in [6, 6.07) is 10.5. The molecule has 132 valence electrons. The molecule has 0 heterocycles. The Kier molecular flexibility index (Phi) is 5.63. The van der Waals surface area contributed by atoms with Crippen molar-refractivity contribution < 1.29 is 27.5 Å². The molecule has 0 atom stereocenters. The zero-order valence-corrected chi connectivity index (χ0v) is 13.2. The molecule has 0 aromatic heterocycles. The van der Waals surface area contributed by atoms with Crippen LogP contribution in [0.15, 0.2) is 48.5 Å². The largest absolute Gasteiger partial charge is 0.484 e. The fraction of sp³-hybridized carbons (Fsp3) is 0.176. The lowest BCUT2D eigenvalue weighted by Gasteiger charge is -2.11. The monoisotopic (exact) mass is 352 g/mol. The Hall–Kier alpha value is -3.03. The number of anilines is 1. The van der Waals surface area contributed by atoms with Crippen molar-refractivity contribution in [1.29, 1.82) is 0 Å². The fourth-order valence-corrected chi connectivity index (χ4v) is 1.99. The van der Waals surface area contributed by atoms with Crippen LogP contribution in [0.25, 0.3) is 0 Å². The van der Waals surface area contributed by atoms with Gasteiger partial charge in [0, 0.05) is 18.3 Å². The lowest BCUT2D eigenvalue weighted by Crippen LogP contribution is -2.21. The summed E-state index contributed by atoms with van der Waals surface area (Å²) in [7, 11) is 1.48. The van der Waals surface area contributed by atoms with Gasteiger partial charge in [0.25, 0.3) is 11.8 Å². The number of ether oxygens (including phenoxy) is 1. The maximum Gasteiger partial charge on any atom is 0.416 e. The smallest absolute Gasteiger partial charge is 0.416 e. The van der Waals surface area contributed by atoms with E-state index in [1.165, 1.54) is 25.2 Å². The SMILES string of the molecule is CNC(=O)c1cccc(NC(=O)COc2cccc(C(F)(F)F)c2)c1. The summed E-state index contributed by atoms with van der Waals surface area (Å²) in [4.78, 5) is 23.4. The number of amides is 2. The molecular formula is C17H15F3N2O3. The van der Waals surface area contributed by atoms with Gasteiger partial charge in [-0.1, -0.05) is 12.1 Å². The summed E-state index contributed by atoms with van der Waals surface area (Å²) in [5, 5.41) is 4.97. The molecule has 25 heavy (non-hydrogen) atoms. The summed E-state index contributed by atoms with van der Waals surface area (Å²) < 4.78 is 42.9. The normalized spacial score (nSPS) is 10.9. The van der Waals surface area contributed by atoms with Crippen molar-refractivity contribution >= 4 is 17.5 Å². The van der Waals surface area contributed by atoms with Crippen LogP contribution in [0.2, 0.25) is 0 Å². The summed E-state index contributed by atoms with van der Waals surface area (Å²) >= 11 is 0. The number of carbonyl (C=O) groups is 2. The third-order valence-electron chi connectivity index (χ3n) is 3.17. The van der Waals surface area contributed by atoms with Gasteiger partial charge < -0.3 is 15.4 Å². The van der Waals surface area contributed by atoms with Gasteiger partial charge in [-0.25, -0.2) is 0 Å². The van der Waals surface area contributed by atoms with Crippen molar-refractivity contribution in [3.8, 4) is 5.75 Å². The number of hydrogen-bond donors (Lipinski definition) is 2. The van der Waals surface area contributed by atoms with Gasteiger partial charge in [-0.15, -0.1) is 0 Å². The molecule has 0 aliphatic carbocycles. The van der Waals surface area contributed by atoms with Gasteiger partial charge in [-0.2, -0.15) is 13.2 Å². The Bertz CT molecular complexity index is 776. The van der Waals surface area contributed by atoms with Gasteiger partial charge in [-0.05, 0) is 36.4 Å². The fourth-order valence-electron chi connectivity index (χ4n) is 1.99. The first kappa shape index (κ1) is 18.3. The average Bonchev–Trinajstić information content (AvgIpc) is 2.59. The Morgan fingerprint density at radius 3 is 2.48 bits per heavy atom. The minimum atomic E-state index is -4.48. The van der Waals surface area contributed by atoms with E-state index in [9.17, 15) is 22.8 Å². The van der Waals surface area contributed by atoms with Crippen molar-refractivity contribution in [2.24, 2.45) is 0 Å². The molecule has 0 saturated carbocycles. The average molecular weight is 352 g/mol. The van der Waals surface area contributed by atoms with Crippen molar-refractivity contribution in [3.05, 3.63) is 59.7 Å². The highest BCUT2D eigenvalue weighted by Gasteiger charge is 2.30. The molecule has 2 rings (SSSR count). The Morgan fingerprint density at radius 2 is 1.80 bits per heavy atom. The number of hydrogen-bond acceptors (Lipinski definition) is 3. The molecule has 0 aliphatic heterocycles. The van der Waals surface area contributed by atoms with E-state index in [0.29, 0.717) is 11.3 Å². The van der Waals surface area contributed by atoms with E-state index in [0.717, 1.165) is 12.1 Å². The van der Waals surface area contributed by atoms with Gasteiger partial charge in [0.05, 0.1) is 5.56 Å². The summed E-state index contributed by atoms with van der Waals surface area (Å²) in [5.74, 6) is -0.938. The number of alkyl halides is 3. The highest BCUT2D eigenvalue weighted by Crippen LogP contribution is 2.31. The Morgan fingerprint density at radius 1 is 1.08 bits per heavy atom. The van der Waals surface area contributed by atoms with Crippen molar-refractivity contribution in [2.75, 3.05) is 19.0 Å². The molecule has 0 radical (unpaired) electrons. The van der Waals surface area contributed by atoms with E-state index in [2.05, 4.69) is 10.6 Å². The van der Waals surface area contributed by atoms with Crippen LogP contribution in [0.3, 0.4) is 0 Å². The molecule has 2 aromatic rings. The maximum absolute atomic E-state index is 12.6. The predicted molar refractivity (Wildman–Crippen MR) is 85.4 cm³/mol. The summed E-state index contributed by atoms with van der Waals surface area (Å²) in [6.45, 7) is -0.467. The summed E-state index contributed by atoms with van der Waals surface area (Å²) in [5.41, 5.74) is -0.124. The molecule has 0 fully saturated rings. The zero-order chi connectivity index (χ0) is 18.4. The summed E-state index contributed by atoms with van der Waals surface area (Å²) in [6.07, 6.45) is -4.48. The first-order chi connectivity index (χ1) is 11.8. The van der Waals surface area contributed by atoms with E-state index in [1.807, 2.05) is 0 Å². The number of nitrogens with one attached hydrogen (secondary N) is 2. The van der Waals surface area contributed by atoms with E-state index >= 15 is 0 Å². The molecule has 0 unspecified atom stereocenters. The lowest BCUT2D eigenvalue weighted by atomic mass is 10.2. The second-order valence-corrected chi connectivity index (χ2v) is 5.02. The van der Waals surface area contributed by atoms with Crippen LogP contribution >= 0.6 is 0 Å². The van der Waals surface area contributed by atoms with Crippen LogP contribution in [-0.4, -0.2) is 25.5 Å². The predicted octanol–water partition coefficient (Wildman–Crippen LogP) is 3.08. The van der Waals surface area contributed by atoms with Crippen LogP contribution < -0.4 is 15.4 Å². The van der Waals surface area contributed by atoms with E-state index in [-0.39, 0.29) is 11.7 Å². The van der Waals surface area contributed by atoms with Crippen molar-refractivity contribution in [3.63, 3.8) is 0 Å². The first-order valence-corrected chi connectivity index (χ1v) is 7.21. The molecule has 0 saturated heterocycles. The van der Waals surface area contributed by atoms with E-state index in [4.69, 9.17) is 4.74 Å². The molecule has 0 spiro atoms. The molecule has 2 aromatic carbocycles. The van der Waals surface area contributed by atoms with Gasteiger partial charge >= 0.3 is 6.18 Å². The third-order valence-corrected chi connectivity index (χ3v) is 3.17. The van der Waals surface area contributed by atoms with Crippen molar-refractivity contribution in [2.45, 2.75) is 6.18 Å².